The first-order valence-corrected chi connectivity index (χ1v) is 9.96. The smallest absolute Gasteiger partial charge is 0.330 e. The second kappa shape index (κ2) is 10.9. The summed E-state index contributed by atoms with van der Waals surface area (Å²) in [4.78, 5) is 12.0. The first-order valence-electron chi connectivity index (χ1n) is 9.96. The predicted octanol–water partition coefficient (Wildman–Crippen LogP) is 0.743. The Morgan fingerprint density at radius 1 is 1.06 bits per heavy atom. The number of nitriles is 1. The largest absolute Gasteiger partial charge is 0.504 e. The Morgan fingerprint density at radius 3 is 2.45 bits per heavy atom. The van der Waals surface area contributed by atoms with Gasteiger partial charge in [0.15, 0.2) is 23.9 Å². The number of phenols is 2. The number of hydrogen-bond donors (Lipinski definition) is 5. The number of aliphatic hydroxyl groups is 3. The number of rotatable bonds is 7. The molecule has 3 rings (SSSR count). The molecular formula is C23H23NO9. The minimum Gasteiger partial charge on any atom is -0.504 e. The Labute approximate surface area is 189 Å². The number of hydrogen-bond acceptors (Lipinski definition) is 10. The summed E-state index contributed by atoms with van der Waals surface area (Å²) in [6.07, 6.45) is -6.31. The van der Waals surface area contributed by atoms with Gasteiger partial charge in [0.05, 0.1) is 6.07 Å². The molecule has 0 spiro atoms. The Hall–Kier alpha value is -3.46. The van der Waals surface area contributed by atoms with Gasteiger partial charge in [-0.05, 0) is 29.3 Å². The van der Waals surface area contributed by atoms with Crippen LogP contribution in [0.2, 0.25) is 0 Å². The van der Waals surface area contributed by atoms with Crippen LogP contribution in [0.4, 0.5) is 0 Å². The number of nitrogens with zero attached hydrogens (tertiary/aromatic N) is 1. The molecule has 1 aliphatic heterocycles. The number of aromatic hydroxyl groups is 2. The minimum atomic E-state index is -1.67. The van der Waals surface area contributed by atoms with E-state index in [4.69, 9.17) is 14.2 Å². The van der Waals surface area contributed by atoms with Crippen molar-refractivity contribution in [3.05, 3.63) is 65.7 Å². The van der Waals surface area contributed by atoms with E-state index in [1.165, 1.54) is 24.3 Å². The van der Waals surface area contributed by atoms with Crippen molar-refractivity contribution in [3.63, 3.8) is 0 Å². The molecule has 5 N–H and O–H groups in total. The molecule has 1 saturated heterocycles. The highest BCUT2D eigenvalue weighted by atomic mass is 16.7. The summed E-state index contributed by atoms with van der Waals surface area (Å²) < 4.78 is 16.0. The molecule has 10 heteroatoms. The standard InChI is InChI=1S/C23H23NO9/c24-11-17(14-4-2-1-3-5-14)32-23-22(30)21(29)20(28)18(33-23)12-31-19(27)9-7-13-6-8-15(25)16(26)10-13/h1-10,17-18,20-23,25-26,28-30H,12H2/b9-7+/t17-,18+,20+,21-,22+,23+/m0/s1. The quantitative estimate of drug-likeness (QED) is 0.227. The van der Waals surface area contributed by atoms with Gasteiger partial charge in [-0.3, -0.25) is 0 Å². The van der Waals surface area contributed by atoms with Crippen LogP contribution in [-0.2, 0) is 19.0 Å². The van der Waals surface area contributed by atoms with E-state index < -0.39 is 49.4 Å². The van der Waals surface area contributed by atoms with Crippen LogP contribution in [0.3, 0.4) is 0 Å². The van der Waals surface area contributed by atoms with E-state index in [0.29, 0.717) is 11.1 Å². The van der Waals surface area contributed by atoms with Crippen molar-refractivity contribution >= 4 is 12.0 Å². The molecule has 0 radical (unpaired) electrons. The van der Waals surface area contributed by atoms with Crippen LogP contribution in [-0.4, -0.2) is 68.8 Å². The van der Waals surface area contributed by atoms with Crippen molar-refractivity contribution in [2.75, 3.05) is 6.61 Å². The monoisotopic (exact) mass is 457 g/mol. The van der Waals surface area contributed by atoms with Crippen LogP contribution in [0.25, 0.3) is 6.08 Å². The third kappa shape index (κ3) is 6.07. The normalized spacial score (nSPS) is 25.9. The van der Waals surface area contributed by atoms with Crippen LogP contribution in [0.5, 0.6) is 11.5 Å². The maximum absolute atomic E-state index is 12.0. The Balaban J connectivity index is 1.61. The summed E-state index contributed by atoms with van der Waals surface area (Å²) in [6, 6.07) is 14.3. The van der Waals surface area contributed by atoms with Crippen molar-refractivity contribution in [2.45, 2.75) is 36.8 Å². The highest BCUT2D eigenvalue weighted by Gasteiger charge is 2.45. The summed E-state index contributed by atoms with van der Waals surface area (Å²) in [5, 5.41) is 58.8. The van der Waals surface area contributed by atoms with Crippen LogP contribution < -0.4 is 0 Å². The SMILES string of the molecule is N#C[C@H](O[C@@H]1O[C@H](COC(=O)/C=C/c2ccc(O)c(O)c2)[C@@H](O)[C@H](O)[C@H]1O)c1ccccc1. The average Bonchev–Trinajstić information content (AvgIpc) is 2.82. The molecule has 0 aliphatic carbocycles. The van der Waals surface area contributed by atoms with Crippen molar-refractivity contribution in [3.8, 4) is 17.6 Å². The summed E-state index contributed by atoms with van der Waals surface area (Å²) in [6.45, 7) is -0.475. The van der Waals surface area contributed by atoms with E-state index in [1.807, 2.05) is 6.07 Å². The second-order valence-electron chi connectivity index (χ2n) is 7.28. The zero-order valence-corrected chi connectivity index (χ0v) is 17.3. The zero-order valence-electron chi connectivity index (χ0n) is 17.3. The number of ether oxygens (including phenoxy) is 3. The third-order valence-corrected chi connectivity index (χ3v) is 4.96. The fraction of sp³-hybridized carbons (Fsp3) is 0.304. The van der Waals surface area contributed by atoms with Crippen molar-refractivity contribution in [1.29, 1.82) is 5.26 Å². The fourth-order valence-corrected chi connectivity index (χ4v) is 3.13. The van der Waals surface area contributed by atoms with Gasteiger partial charge >= 0.3 is 5.97 Å². The molecule has 1 fully saturated rings. The highest BCUT2D eigenvalue weighted by Crippen LogP contribution is 2.28. The van der Waals surface area contributed by atoms with Gasteiger partial charge in [0, 0.05) is 6.08 Å². The van der Waals surface area contributed by atoms with Crippen molar-refractivity contribution in [2.24, 2.45) is 0 Å². The van der Waals surface area contributed by atoms with Gasteiger partial charge in [-0.15, -0.1) is 0 Å². The molecule has 33 heavy (non-hydrogen) atoms. The summed E-state index contributed by atoms with van der Waals surface area (Å²) in [5.74, 6) is -1.47. The first-order chi connectivity index (χ1) is 15.8. The number of esters is 1. The Morgan fingerprint density at radius 2 is 1.79 bits per heavy atom. The molecule has 1 aliphatic rings. The predicted molar refractivity (Wildman–Crippen MR) is 112 cm³/mol. The molecule has 1 heterocycles. The van der Waals surface area contributed by atoms with E-state index in [9.17, 15) is 35.6 Å². The zero-order chi connectivity index (χ0) is 24.0. The summed E-state index contributed by atoms with van der Waals surface area (Å²) in [5.41, 5.74) is 0.927. The van der Waals surface area contributed by atoms with Gasteiger partial charge in [-0.1, -0.05) is 36.4 Å². The molecule has 0 unspecified atom stereocenters. The van der Waals surface area contributed by atoms with Crippen LogP contribution in [0, 0.1) is 11.3 Å². The first kappa shape index (κ1) is 24.2. The lowest BCUT2D eigenvalue weighted by molar-refractivity contribution is -0.308. The topological polar surface area (TPSA) is 170 Å². The molecule has 0 saturated carbocycles. The Kier molecular flexibility index (Phi) is 8.00. The average molecular weight is 457 g/mol. The number of carbonyl (C=O) groups excluding carboxylic acids is 1. The van der Waals surface area contributed by atoms with Gasteiger partial charge in [0.1, 0.15) is 31.0 Å². The lowest BCUT2D eigenvalue weighted by Crippen LogP contribution is -2.59. The van der Waals surface area contributed by atoms with E-state index in [2.05, 4.69) is 0 Å². The number of carbonyl (C=O) groups is 1. The molecule has 2 aromatic rings. The van der Waals surface area contributed by atoms with Gasteiger partial charge in [0.2, 0.25) is 0 Å². The molecule has 6 atom stereocenters. The molecule has 174 valence electrons. The maximum atomic E-state index is 12.0. The van der Waals surface area contributed by atoms with E-state index >= 15 is 0 Å². The van der Waals surface area contributed by atoms with Gasteiger partial charge in [-0.2, -0.15) is 5.26 Å². The van der Waals surface area contributed by atoms with Gasteiger partial charge in [0.25, 0.3) is 0 Å². The number of aliphatic hydroxyl groups excluding tert-OH is 3. The Bertz CT molecular complexity index is 1020. The van der Waals surface area contributed by atoms with E-state index in [-0.39, 0.29) is 11.5 Å². The van der Waals surface area contributed by atoms with Crippen LogP contribution in [0.1, 0.15) is 17.2 Å². The fourth-order valence-electron chi connectivity index (χ4n) is 3.13. The van der Waals surface area contributed by atoms with Gasteiger partial charge in [-0.25, -0.2) is 4.79 Å². The van der Waals surface area contributed by atoms with Crippen LogP contribution in [0.15, 0.2) is 54.6 Å². The van der Waals surface area contributed by atoms with Crippen molar-refractivity contribution in [1.82, 2.24) is 0 Å². The highest BCUT2D eigenvalue weighted by molar-refractivity contribution is 5.87. The lowest BCUT2D eigenvalue weighted by atomic mass is 9.99. The van der Waals surface area contributed by atoms with Gasteiger partial charge < -0.3 is 39.7 Å². The molecule has 2 aromatic carbocycles. The minimum absolute atomic E-state index is 0.304. The lowest BCUT2D eigenvalue weighted by Gasteiger charge is -2.40. The number of benzene rings is 2. The molecule has 0 aromatic heterocycles. The van der Waals surface area contributed by atoms with E-state index in [0.717, 1.165) is 6.08 Å². The van der Waals surface area contributed by atoms with E-state index in [1.54, 1.807) is 30.3 Å². The third-order valence-electron chi connectivity index (χ3n) is 4.96. The molecule has 10 nitrogen and oxygen atoms in total. The molecule has 0 bridgehead atoms. The summed E-state index contributed by atoms with van der Waals surface area (Å²) >= 11 is 0. The maximum Gasteiger partial charge on any atom is 0.330 e. The van der Waals surface area contributed by atoms with Crippen LogP contribution >= 0.6 is 0 Å². The van der Waals surface area contributed by atoms with Crippen molar-refractivity contribution < 1.29 is 44.5 Å². The second-order valence-corrected chi connectivity index (χ2v) is 7.28. The number of phenolic OH excluding ortho intramolecular Hbond substituents is 2. The molecular weight excluding hydrogens is 434 g/mol. The summed E-state index contributed by atoms with van der Waals surface area (Å²) in [7, 11) is 0. The molecule has 0 amide bonds.